The topological polar surface area (TPSA) is 81.8 Å². The first kappa shape index (κ1) is 18.4. The Morgan fingerprint density at radius 3 is 2.48 bits per heavy atom. The van der Waals surface area contributed by atoms with E-state index in [1.54, 1.807) is 35.3 Å². The Hall–Kier alpha value is -3.43. The third kappa shape index (κ3) is 4.60. The van der Waals surface area contributed by atoms with E-state index in [4.69, 9.17) is 0 Å². The van der Waals surface area contributed by atoms with Gasteiger partial charge in [-0.3, -0.25) is 9.59 Å². The fraction of sp³-hybridized carbons (Fsp3) is 0.176. The summed E-state index contributed by atoms with van der Waals surface area (Å²) in [5.41, 5.74) is -0.101. The second kappa shape index (κ2) is 7.44. The molecule has 0 aliphatic carbocycles. The second-order valence-electron chi connectivity index (χ2n) is 5.66. The molecule has 1 N–H and O–H groups in total. The normalized spacial score (nSPS) is 11.4. The molecule has 140 valence electrons. The van der Waals surface area contributed by atoms with Crippen LogP contribution in [0.1, 0.15) is 11.1 Å². The number of rotatable bonds is 5. The molecule has 1 aromatic carbocycles. The Kier molecular flexibility index (Phi) is 5.06. The minimum absolute atomic E-state index is 0.171. The summed E-state index contributed by atoms with van der Waals surface area (Å²) in [5, 5.41) is 6.57. The standard InChI is InChI=1S/C17H14F3N5O2/c18-17(19,20)13-3-6-16(27)24(8-13)9-15(26)22-7-12-1-4-14(5-2-12)25-11-21-10-23-25/h1-6,8,10-11H,7,9H2,(H,22,26). The van der Waals surface area contributed by atoms with E-state index in [1.165, 1.54) is 6.33 Å². The van der Waals surface area contributed by atoms with Crippen LogP contribution in [0.5, 0.6) is 0 Å². The van der Waals surface area contributed by atoms with Gasteiger partial charge in [0.05, 0.1) is 11.3 Å². The summed E-state index contributed by atoms with van der Waals surface area (Å²) in [5.74, 6) is -0.572. The Labute approximate surface area is 151 Å². The van der Waals surface area contributed by atoms with Crippen molar-refractivity contribution in [3.8, 4) is 5.69 Å². The molecule has 27 heavy (non-hydrogen) atoms. The van der Waals surface area contributed by atoms with Crippen LogP contribution in [-0.2, 0) is 24.1 Å². The number of nitrogens with one attached hydrogen (secondary N) is 1. The maximum absolute atomic E-state index is 12.7. The number of carbonyl (C=O) groups excluding carboxylic acids is 1. The molecule has 0 spiro atoms. The number of carbonyl (C=O) groups is 1. The van der Waals surface area contributed by atoms with Gasteiger partial charge in [-0.2, -0.15) is 18.3 Å². The molecule has 2 heterocycles. The number of pyridine rings is 1. The SMILES string of the molecule is O=C(Cn1cc(C(F)(F)F)ccc1=O)NCc1ccc(-n2cncn2)cc1. The number of aromatic nitrogens is 4. The minimum Gasteiger partial charge on any atom is -0.350 e. The van der Waals surface area contributed by atoms with Crippen LogP contribution in [0.3, 0.4) is 0 Å². The first-order chi connectivity index (χ1) is 12.8. The maximum Gasteiger partial charge on any atom is 0.417 e. The zero-order valence-corrected chi connectivity index (χ0v) is 13.8. The molecule has 0 saturated carbocycles. The molecule has 2 aromatic heterocycles. The summed E-state index contributed by atoms with van der Waals surface area (Å²) in [4.78, 5) is 27.5. The zero-order chi connectivity index (χ0) is 19.4. The number of halogens is 3. The van der Waals surface area contributed by atoms with E-state index in [0.29, 0.717) is 12.3 Å². The summed E-state index contributed by atoms with van der Waals surface area (Å²) in [6, 6.07) is 8.59. The van der Waals surface area contributed by atoms with E-state index in [1.807, 2.05) is 0 Å². The third-order valence-corrected chi connectivity index (χ3v) is 3.73. The van der Waals surface area contributed by atoms with Crippen molar-refractivity contribution in [2.75, 3.05) is 0 Å². The summed E-state index contributed by atoms with van der Waals surface area (Å²) in [6.07, 6.45) is -1.000. The van der Waals surface area contributed by atoms with E-state index in [0.717, 1.165) is 21.9 Å². The molecule has 0 atom stereocenters. The highest BCUT2D eigenvalue weighted by Gasteiger charge is 2.31. The number of hydrogen-bond donors (Lipinski definition) is 1. The maximum atomic E-state index is 12.7. The smallest absolute Gasteiger partial charge is 0.350 e. The van der Waals surface area contributed by atoms with Gasteiger partial charge in [0.1, 0.15) is 19.2 Å². The van der Waals surface area contributed by atoms with Gasteiger partial charge in [0.25, 0.3) is 5.56 Å². The number of nitrogens with zero attached hydrogens (tertiary/aromatic N) is 4. The Balaban J connectivity index is 1.61. The Morgan fingerprint density at radius 2 is 1.85 bits per heavy atom. The van der Waals surface area contributed by atoms with Crippen molar-refractivity contribution in [1.82, 2.24) is 24.6 Å². The van der Waals surface area contributed by atoms with Gasteiger partial charge in [-0.15, -0.1) is 0 Å². The molecule has 3 aromatic rings. The summed E-state index contributed by atoms with van der Waals surface area (Å²) in [7, 11) is 0. The van der Waals surface area contributed by atoms with Crippen LogP contribution in [0.15, 0.2) is 60.0 Å². The predicted octanol–water partition coefficient (Wildman–Crippen LogP) is 1.76. The third-order valence-electron chi connectivity index (χ3n) is 3.73. The quantitative estimate of drug-likeness (QED) is 0.735. The lowest BCUT2D eigenvalue weighted by molar-refractivity contribution is -0.138. The molecule has 10 heteroatoms. The van der Waals surface area contributed by atoms with Crippen molar-refractivity contribution >= 4 is 5.91 Å². The summed E-state index contributed by atoms with van der Waals surface area (Å²) in [6.45, 7) is -0.329. The largest absolute Gasteiger partial charge is 0.417 e. The molecule has 0 aliphatic rings. The highest BCUT2D eigenvalue weighted by molar-refractivity contribution is 5.75. The molecule has 0 fully saturated rings. The number of benzene rings is 1. The molecule has 3 rings (SSSR count). The number of hydrogen-bond acceptors (Lipinski definition) is 4. The van der Waals surface area contributed by atoms with E-state index >= 15 is 0 Å². The van der Waals surface area contributed by atoms with Crippen LogP contribution in [0.4, 0.5) is 13.2 Å². The second-order valence-corrected chi connectivity index (χ2v) is 5.66. The molecule has 7 nitrogen and oxygen atoms in total. The van der Waals surface area contributed by atoms with Crippen LogP contribution in [0.2, 0.25) is 0 Å². The molecule has 0 unspecified atom stereocenters. The molecular formula is C17H14F3N5O2. The fourth-order valence-electron chi connectivity index (χ4n) is 2.34. The Morgan fingerprint density at radius 1 is 1.11 bits per heavy atom. The lowest BCUT2D eigenvalue weighted by Crippen LogP contribution is -2.32. The van der Waals surface area contributed by atoms with Gasteiger partial charge >= 0.3 is 6.18 Å². The highest BCUT2D eigenvalue weighted by Crippen LogP contribution is 2.27. The van der Waals surface area contributed by atoms with Crippen molar-refractivity contribution in [2.24, 2.45) is 0 Å². The number of alkyl halides is 3. The average molecular weight is 377 g/mol. The van der Waals surface area contributed by atoms with Gasteiger partial charge in [0, 0.05) is 18.8 Å². The first-order valence-electron chi connectivity index (χ1n) is 7.81. The molecule has 1 amide bonds. The lowest BCUT2D eigenvalue weighted by atomic mass is 10.2. The van der Waals surface area contributed by atoms with Crippen LogP contribution < -0.4 is 10.9 Å². The van der Waals surface area contributed by atoms with Gasteiger partial charge < -0.3 is 9.88 Å². The van der Waals surface area contributed by atoms with Crippen LogP contribution in [0, 0.1) is 0 Å². The fourth-order valence-corrected chi connectivity index (χ4v) is 2.34. The summed E-state index contributed by atoms with van der Waals surface area (Å²) >= 11 is 0. The highest BCUT2D eigenvalue weighted by atomic mass is 19.4. The van der Waals surface area contributed by atoms with Gasteiger partial charge in [-0.05, 0) is 23.8 Å². The predicted molar refractivity (Wildman–Crippen MR) is 88.9 cm³/mol. The molecular weight excluding hydrogens is 363 g/mol. The number of amides is 1. The average Bonchev–Trinajstić information content (AvgIpc) is 3.16. The van der Waals surface area contributed by atoms with Crippen molar-refractivity contribution in [1.29, 1.82) is 0 Å². The first-order valence-corrected chi connectivity index (χ1v) is 7.81. The van der Waals surface area contributed by atoms with Crippen molar-refractivity contribution in [3.63, 3.8) is 0 Å². The zero-order valence-electron chi connectivity index (χ0n) is 13.8. The van der Waals surface area contributed by atoms with E-state index in [2.05, 4.69) is 15.4 Å². The Bertz CT molecular complexity index is 979. The van der Waals surface area contributed by atoms with E-state index in [9.17, 15) is 22.8 Å². The van der Waals surface area contributed by atoms with Crippen LogP contribution in [0.25, 0.3) is 5.69 Å². The van der Waals surface area contributed by atoms with Crippen LogP contribution in [-0.4, -0.2) is 25.2 Å². The minimum atomic E-state index is -4.59. The monoisotopic (exact) mass is 377 g/mol. The van der Waals surface area contributed by atoms with Crippen LogP contribution >= 0.6 is 0 Å². The van der Waals surface area contributed by atoms with Crippen molar-refractivity contribution < 1.29 is 18.0 Å². The van der Waals surface area contributed by atoms with Gasteiger partial charge in [-0.25, -0.2) is 9.67 Å². The van der Waals surface area contributed by atoms with E-state index in [-0.39, 0.29) is 6.54 Å². The molecule has 0 bridgehead atoms. The van der Waals surface area contributed by atoms with Gasteiger partial charge in [-0.1, -0.05) is 12.1 Å². The summed E-state index contributed by atoms with van der Waals surface area (Å²) < 4.78 is 40.4. The van der Waals surface area contributed by atoms with E-state index < -0.39 is 29.8 Å². The lowest BCUT2D eigenvalue weighted by Gasteiger charge is -2.11. The molecule has 0 saturated heterocycles. The van der Waals surface area contributed by atoms with Crippen molar-refractivity contribution in [3.05, 3.63) is 76.7 Å². The van der Waals surface area contributed by atoms with Gasteiger partial charge in [0.2, 0.25) is 5.91 Å². The molecule has 0 aliphatic heterocycles. The molecule has 0 radical (unpaired) electrons. The van der Waals surface area contributed by atoms with Crippen molar-refractivity contribution in [2.45, 2.75) is 19.3 Å². The van der Waals surface area contributed by atoms with Gasteiger partial charge in [0.15, 0.2) is 0 Å².